The highest BCUT2D eigenvalue weighted by atomic mass is 35.5. The Bertz CT molecular complexity index is 1030. The van der Waals surface area contributed by atoms with E-state index in [0.717, 1.165) is 0 Å². The first-order valence-corrected chi connectivity index (χ1v) is 8.95. The predicted octanol–water partition coefficient (Wildman–Crippen LogP) is 2.49. The number of carbonyl (C=O) groups excluding carboxylic acids is 1. The monoisotopic (exact) mass is 449 g/mol. The molecule has 10 nitrogen and oxygen atoms in total. The lowest BCUT2D eigenvalue weighted by atomic mass is 10.0. The molecule has 1 amide bonds. The second-order valence-electron chi connectivity index (χ2n) is 6.10. The van der Waals surface area contributed by atoms with Crippen LogP contribution in [-0.2, 0) is 4.79 Å². The number of carbonyl (C=O) groups is 1. The Morgan fingerprint density at radius 3 is 2.00 bits per heavy atom. The van der Waals surface area contributed by atoms with Gasteiger partial charge < -0.3 is 30.0 Å². The second-order valence-corrected chi connectivity index (χ2v) is 6.10. The molecule has 0 saturated carbocycles. The largest absolute Gasteiger partial charge is 0.495 e. The van der Waals surface area contributed by atoms with Gasteiger partial charge in [0.2, 0.25) is 11.7 Å². The van der Waals surface area contributed by atoms with E-state index in [1.807, 2.05) is 6.07 Å². The van der Waals surface area contributed by atoms with Crippen LogP contribution in [0.4, 0.5) is 5.69 Å². The van der Waals surface area contributed by atoms with E-state index >= 15 is 0 Å². The maximum Gasteiger partial charge on any atom is 0.238 e. The van der Waals surface area contributed by atoms with Crippen molar-refractivity contribution < 1.29 is 23.7 Å². The van der Waals surface area contributed by atoms with E-state index in [0.29, 0.717) is 51.2 Å². The minimum Gasteiger partial charge on any atom is -0.495 e. The summed E-state index contributed by atoms with van der Waals surface area (Å²) in [6.07, 6.45) is 0. The van der Waals surface area contributed by atoms with Gasteiger partial charge >= 0.3 is 0 Å². The normalized spacial score (nSPS) is 10.1. The average molecular weight is 450 g/mol. The number of benzene rings is 2. The van der Waals surface area contributed by atoms with E-state index in [1.165, 1.54) is 14.2 Å². The second kappa shape index (κ2) is 10.5. The smallest absolute Gasteiger partial charge is 0.238 e. The Labute approximate surface area is 185 Å². The highest BCUT2D eigenvalue weighted by Gasteiger charge is 2.20. The molecule has 0 saturated heterocycles. The number of aromatic nitrogens is 3. The number of hydrogen-bond acceptors (Lipinski definition) is 8. The number of methoxy groups -OCH3 is 4. The van der Waals surface area contributed by atoms with Gasteiger partial charge in [-0.2, -0.15) is 15.4 Å². The Morgan fingerprint density at radius 1 is 0.903 bits per heavy atom. The Balaban J connectivity index is 0.00000341. The molecule has 0 aliphatic carbocycles. The predicted molar refractivity (Wildman–Crippen MR) is 118 cm³/mol. The SMILES string of the molecule is COc1ccc(-c2n[nH]nc2-c2cc(OC)c(OC)c(OC)c2)cc1NC(=O)CN.Cl. The van der Waals surface area contributed by atoms with E-state index in [9.17, 15) is 4.79 Å². The summed E-state index contributed by atoms with van der Waals surface area (Å²) in [4.78, 5) is 11.8. The van der Waals surface area contributed by atoms with Crippen LogP contribution in [0.25, 0.3) is 22.5 Å². The zero-order chi connectivity index (χ0) is 21.7. The van der Waals surface area contributed by atoms with Crippen molar-refractivity contribution in [3.8, 4) is 45.5 Å². The lowest BCUT2D eigenvalue weighted by Crippen LogP contribution is -2.22. The summed E-state index contributed by atoms with van der Waals surface area (Å²) in [6.45, 7) is -0.145. The number of halogens is 1. The molecule has 1 heterocycles. The van der Waals surface area contributed by atoms with E-state index in [-0.39, 0.29) is 24.9 Å². The number of anilines is 1. The lowest BCUT2D eigenvalue weighted by Gasteiger charge is -2.14. The van der Waals surface area contributed by atoms with Gasteiger partial charge in [0.15, 0.2) is 11.5 Å². The van der Waals surface area contributed by atoms with Crippen LogP contribution in [-0.4, -0.2) is 56.3 Å². The van der Waals surface area contributed by atoms with Crippen LogP contribution in [0.15, 0.2) is 30.3 Å². The molecule has 0 aliphatic heterocycles. The van der Waals surface area contributed by atoms with Crippen molar-refractivity contribution in [1.29, 1.82) is 0 Å². The van der Waals surface area contributed by atoms with Gasteiger partial charge in [-0.05, 0) is 30.3 Å². The number of nitrogens with two attached hydrogens (primary N) is 1. The fourth-order valence-electron chi connectivity index (χ4n) is 3.01. The quantitative estimate of drug-likeness (QED) is 0.477. The van der Waals surface area contributed by atoms with Crippen LogP contribution in [0.3, 0.4) is 0 Å². The number of ether oxygens (including phenoxy) is 4. The van der Waals surface area contributed by atoms with Crippen molar-refractivity contribution >= 4 is 24.0 Å². The van der Waals surface area contributed by atoms with Crippen LogP contribution in [0.2, 0.25) is 0 Å². The number of nitrogens with zero attached hydrogens (tertiary/aromatic N) is 2. The minimum absolute atomic E-state index is 0. The van der Waals surface area contributed by atoms with Crippen molar-refractivity contribution in [1.82, 2.24) is 15.4 Å². The molecule has 31 heavy (non-hydrogen) atoms. The van der Waals surface area contributed by atoms with Gasteiger partial charge in [0.25, 0.3) is 0 Å². The van der Waals surface area contributed by atoms with Gasteiger partial charge in [0.05, 0.1) is 40.7 Å². The molecule has 3 aromatic rings. The molecule has 0 unspecified atom stereocenters. The highest BCUT2D eigenvalue weighted by molar-refractivity contribution is 5.94. The molecule has 4 N–H and O–H groups in total. The molecule has 3 rings (SSSR count). The molecule has 0 bridgehead atoms. The first-order chi connectivity index (χ1) is 14.6. The fraction of sp³-hybridized carbons (Fsp3) is 0.250. The molecule has 0 radical (unpaired) electrons. The van der Waals surface area contributed by atoms with Crippen molar-refractivity contribution in [2.75, 3.05) is 40.3 Å². The minimum atomic E-state index is -0.338. The number of hydrogen-bond donors (Lipinski definition) is 3. The van der Waals surface area contributed by atoms with Crippen LogP contribution in [0.5, 0.6) is 23.0 Å². The molecule has 0 fully saturated rings. The maximum absolute atomic E-state index is 11.8. The Hall–Kier alpha value is -3.50. The number of amides is 1. The molecule has 0 spiro atoms. The number of H-pyrrole nitrogens is 1. The zero-order valence-electron chi connectivity index (χ0n) is 17.5. The summed E-state index contributed by atoms with van der Waals surface area (Å²) in [7, 11) is 6.14. The topological polar surface area (TPSA) is 134 Å². The summed E-state index contributed by atoms with van der Waals surface area (Å²) >= 11 is 0. The van der Waals surface area contributed by atoms with Crippen molar-refractivity contribution in [2.24, 2.45) is 5.73 Å². The summed E-state index contributed by atoms with van der Waals surface area (Å²) < 4.78 is 21.6. The fourth-order valence-corrected chi connectivity index (χ4v) is 3.01. The molecule has 166 valence electrons. The molecule has 2 aromatic carbocycles. The molecule has 1 aromatic heterocycles. The molecule has 0 atom stereocenters. The standard InChI is InChI=1S/C20H23N5O5.ClH/c1-27-14-6-5-11(7-13(14)22-17(26)10-21)18-19(24-25-23-18)12-8-15(28-2)20(30-4)16(9-12)29-3;/h5-9H,10,21H2,1-4H3,(H,22,26)(H,23,24,25);1H. The van der Waals surface area contributed by atoms with Gasteiger partial charge in [-0.3, -0.25) is 4.79 Å². The Morgan fingerprint density at radius 2 is 1.48 bits per heavy atom. The summed E-state index contributed by atoms with van der Waals surface area (Å²) in [6, 6.07) is 8.85. The van der Waals surface area contributed by atoms with Gasteiger partial charge in [0, 0.05) is 11.1 Å². The first-order valence-electron chi connectivity index (χ1n) is 8.95. The molecule has 0 aliphatic rings. The van der Waals surface area contributed by atoms with Crippen LogP contribution >= 0.6 is 12.4 Å². The van der Waals surface area contributed by atoms with Gasteiger partial charge in [0.1, 0.15) is 17.1 Å². The maximum atomic E-state index is 11.8. The highest BCUT2D eigenvalue weighted by Crippen LogP contribution is 2.42. The van der Waals surface area contributed by atoms with E-state index in [2.05, 4.69) is 20.7 Å². The van der Waals surface area contributed by atoms with Crippen LogP contribution in [0, 0.1) is 0 Å². The van der Waals surface area contributed by atoms with E-state index < -0.39 is 0 Å². The number of aromatic amines is 1. The molecule has 11 heteroatoms. The van der Waals surface area contributed by atoms with Gasteiger partial charge in [-0.15, -0.1) is 12.4 Å². The van der Waals surface area contributed by atoms with Gasteiger partial charge in [-0.1, -0.05) is 0 Å². The van der Waals surface area contributed by atoms with Crippen molar-refractivity contribution in [3.05, 3.63) is 30.3 Å². The summed E-state index contributed by atoms with van der Waals surface area (Å²) in [5.74, 6) is 1.62. The third kappa shape index (κ3) is 4.81. The summed E-state index contributed by atoms with van der Waals surface area (Å²) in [5, 5.41) is 13.9. The van der Waals surface area contributed by atoms with Crippen molar-refractivity contribution in [3.63, 3.8) is 0 Å². The first kappa shape index (κ1) is 23.8. The molecular formula is C20H24ClN5O5. The zero-order valence-corrected chi connectivity index (χ0v) is 18.3. The Kier molecular flexibility index (Phi) is 8.06. The van der Waals surface area contributed by atoms with E-state index in [1.54, 1.807) is 38.5 Å². The van der Waals surface area contributed by atoms with Crippen LogP contribution in [0.1, 0.15) is 0 Å². The van der Waals surface area contributed by atoms with E-state index in [4.69, 9.17) is 24.7 Å². The third-order valence-electron chi connectivity index (χ3n) is 4.42. The third-order valence-corrected chi connectivity index (χ3v) is 4.42. The van der Waals surface area contributed by atoms with Gasteiger partial charge in [-0.25, -0.2) is 0 Å². The van der Waals surface area contributed by atoms with Crippen molar-refractivity contribution in [2.45, 2.75) is 0 Å². The lowest BCUT2D eigenvalue weighted by molar-refractivity contribution is -0.114. The average Bonchev–Trinajstić information content (AvgIpc) is 3.27. The molecular weight excluding hydrogens is 426 g/mol. The number of rotatable bonds is 8. The number of nitrogens with one attached hydrogen (secondary N) is 2. The van der Waals surface area contributed by atoms with Crippen LogP contribution < -0.4 is 30.0 Å². The summed E-state index contributed by atoms with van der Waals surface area (Å²) in [5.41, 5.74) is 8.43.